The summed E-state index contributed by atoms with van der Waals surface area (Å²) >= 11 is 0. The number of nitrogens with one attached hydrogen (secondary N) is 2. The summed E-state index contributed by atoms with van der Waals surface area (Å²) in [4.78, 5) is 42.9. The van der Waals surface area contributed by atoms with E-state index < -0.39 is 11.7 Å². The highest BCUT2D eigenvalue weighted by molar-refractivity contribution is 6.45. The van der Waals surface area contributed by atoms with Gasteiger partial charge < -0.3 is 24.8 Å². The number of allylic oxidation sites excluding steroid dienone is 2. The Balaban J connectivity index is 1.25. The van der Waals surface area contributed by atoms with Crippen LogP contribution in [0.3, 0.4) is 0 Å². The minimum atomic E-state index is -0.633. The molecule has 0 spiro atoms. The Kier molecular flexibility index (Phi) is 7.17. The Morgan fingerprint density at radius 3 is 2.64 bits per heavy atom. The van der Waals surface area contributed by atoms with Crippen LogP contribution in [0, 0.1) is 0 Å². The predicted molar refractivity (Wildman–Crippen MR) is 156 cm³/mol. The molecule has 1 aliphatic carbocycles. The maximum atomic E-state index is 13.5. The van der Waals surface area contributed by atoms with E-state index in [9.17, 15) is 9.59 Å². The van der Waals surface area contributed by atoms with Crippen molar-refractivity contribution in [3.8, 4) is 5.75 Å². The van der Waals surface area contributed by atoms with Crippen molar-refractivity contribution in [1.82, 2.24) is 25.1 Å². The first kappa shape index (κ1) is 26.8. The third kappa shape index (κ3) is 5.21. The number of amides is 1. The molecular formula is C30H29N8O4+. The number of piperidine rings is 1. The lowest BCUT2D eigenvalue weighted by Crippen LogP contribution is -2.62. The number of Topliss-reactive ketones (excluding diaryl/α,β-unsaturated/α-hetero) is 1. The molecule has 42 heavy (non-hydrogen) atoms. The molecule has 0 atom stereocenters. The minimum absolute atomic E-state index is 0.204. The molecule has 4 aromatic rings. The fourth-order valence-corrected chi connectivity index (χ4v) is 5.01. The second kappa shape index (κ2) is 11.2. The van der Waals surface area contributed by atoms with E-state index in [0.29, 0.717) is 66.0 Å². The van der Waals surface area contributed by atoms with Crippen LogP contribution in [0.25, 0.3) is 22.0 Å². The molecule has 212 valence electrons. The Hall–Kier alpha value is -5.39. The van der Waals surface area contributed by atoms with Crippen LogP contribution in [0.2, 0.25) is 0 Å². The molecule has 4 N–H and O–H groups in total. The number of aromatic nitrogens is 4. The van der Waals surface area contributed by atoms with Crippen LogP contribution in [0.5, 0.6) is 5.75 Å². The Bertz CT molecular complexity index is 1800. The van der Waals surface area contributed by atoms with Crippen molar-refractivity contribution < 1.29 is 23.7 Å². The lowest BCUT2D eigenvalue weighted by atomic mass is 9.92. The van der Waals surface area contributed by atoms with Gasteiger partial charge in [-0.05, 0) is 24.8 Å². The first-order chi connectivity index (χ1) is 20.4. The van der Waals surface area contributed by atoms with Crippen LogP contribution in [0.4, 0.5) is 5.82 Å². The van der Waals surface area contributed by atoms with E-state index in [0.717, 1.165) is 28.7 Å². The number of rotatable bonds is 8. The van der Waals surface area contributed by atoms with E-state index >= 15 is 0 Å². The molecule has 0 unspecified atom stereocenters. The molecule has 6 rings (SSSR count). The van der Waals surface area contributed by atoms with Gasteiger partial charge in [-0.15, -0.1) is 15.2 Å². The van der Waals surface area contributed by atoms with Gasteiger partial charge >= 0.3 is 0 Å². The number of aliphatic imine (C=N–C) groups is 1. The molecule has 1 saturated heterocycles. The average molecular weight is 566 g/mol. The fourth-order valence-electron chi connectivity index (χ4n) is 5.01. The van der Waals surface area contributed by atoms with E-state index in [1.54, 1.807) is 11.8 Å². The number of ketones is 1. The van der Waals surface area contributed by atoms with E-state index in [1.807, 2.05) is 36.4 Å². The number of hydrogen-bond donors (Lipinski definition) is 3. The number of aromatic amines is 1. The van der Waals surface area contributed by atoms with Gasteiger partial charge in [-0.3, -0.25) is 9.59 Å². The largest absolute Gasteiger partial charge is 0.493 e. The summed E-state index contributed by atoms with van der Waals surface area (Å²) in [5.74, 6) is 0.929. The van der Waals surface area contributed by atoms with Gasteiger partial charge in [0.2, 0.25) is 18.1 Å². The number of benzene rings is 1. The number of H-pyrrole nitrogens is 1. The molecule has 0 saturated carbocycles. The molecular weight excluding hydrogens is 536 g/mol. The molecule has 1 aromatic carbocycles. The van der Waals surface area contributed by atoms with Crippen molar-refractivity contribution in [3.63, 3.8) is 0 Å². The van der Waals surface area contributed by atoms with E-state index in [1.165, 1.54) is 25.8 Å². The summed E-state index contributed by atoms with van der Waals surface area (Å²) in [5.41, 5.74) is 10.3. The minimum Gasteiger partial charge on any atom is -0.493 e. The Labute approximate surface area is 240 Å². The molecule has 0 radical (unpaired) electrons. The molecule has 1 amide bonds. The highest BCUT2D eigenvalue weighted by atomic mass is 16.5. The topological polar surface area (TPSA) is 167 Å². The van der Waals surface area contributed by atoms with Gasteiger partial charge in [0.05, 0.1) is 18.1 Å². The van der Waals surface area contributed by atoms with Gasteiger partial charge in [0.15, 0.2) is 11.6 Å². The van der Waals surface area contributed by atoms with Crippen molar-refractivity contribution in [1.29, 1.82) is 0 Å². The number of fused-ring (bicyclic) bond motifs is 1. The zero-order chi connectivity index (χ0) is 29.2. The van der Waals surface area contributed by atoms with Crippen LogP contribution >= 0.6 is 0 Å². The lowest BCUT2D eigenvalue weighted by molar-refractivity contribution is -0.351. The molecule has 1 aliphatic heterocycles. The first-order valence-corrected chi connectivity index (χ1v) is 13.5. The normalized spacial score (nSPS) is 15.3. The number of likely N-dealkylation sites (tertiary alicyclic amines) is 1. The summed E-state index contributed by atoms with van der Waals surface area (Å²) in [6, 6.07) is 9.89. The first-order valence-electron chi connectivity index (χ1n) is 13.5. The van der Waals surface area contributed by atoms with Gasteiger partial charge in [0.25, 0.3) is 17.5 Å². The number of carbonyl (C=O) groups is 2. The number of carbonyl (C=O) groups excluding carboxylic acids is 2. The van der Waals surface area contributed by atoms with Gasteiger partial charge in [-0.25, -0.2) is 4.99 Å². The summed E-state index contributed by atoms with van der Waals surface area (Å²) in [5, 5.41) is 9.01. The molecule has 3 aromatic heterocycles. The van der Waals surface area contributed by atoms with E-state index in [4.69, 9.17) is 14.9 Å². The molecule has 1 fully saturated rings. The summed E-state index contributed by atoms with van der Waals surface area (Å²) < 4.78 is 11.5. The Morgan fingerprint density at radius 2 is 1.95 bits per heavy atom. The van der Waals surface area contributed by atoms with E-state index in [2.05, 4.69) is 30.2 Å². The van der Waals surface area contributed by atoms with Gasteiger partial charge in [-0.2, -0.15) is 0 Å². The third-order valence-corrected chi connectivity index (χ3v) is 7.19. The maximum absolute atomic E-state index is 13.5. The smallest absolute Gasteiger partial charge is 0.295 e. The van der Waals surface area contributed by atoms with Crippen LogP contribution in [0.15, 0.2) is 63.8 Å². The van der Waals surface area contributed by atoms with Crippen LogP contribution in [0.1, 0.15) is 53.9 Å². The molecule has 2 aliphatic rings. The van der Waals surface area contributed by atoms with Crippen molar-refractivity contribution >= 4 is 51.7 Å². The molecule has 0 bridgehead atoms. The zero-order valence-electron chi connectivity index (χ0n) is 23.2. The summed E-state index contributed by atoms with van der Waals surface area (Å²) in [6.07, 6.45) is 8.42. The maximum Gasteiger partial charge on any atom is 0.295 e. The van der Waals surface area contributed by atoms with Crippen LogP contribution in [-0.2, 0) is 4.79 Å². The number of pyridine rings is 1. The highest BCUT2D eigenvalue weighted by Crippen LogP contribution is 2.36. The van der Waals surface area contributed by atoms with Gasteiger partial charge in [-0.1, -0.05) is 47.0 Å². The average Bonchev–Trinajstić information content (AvgIpc) is 3.58. The van der Waals surface area contributed by atoms with Crippen molar-refractivity contribution in [3.05, 3.63) is 77.3 Å². The molecule has 4 heterocycles. The standard InChI is InChI=1S/C30H28N8O4/c1-17(31)34-16-35-27-25-24(22(41-2)15-33-27)21(14-32-25)26(39)30(40)38-12-10-19(11-13-38)23(18-6-4-3-5-7-18)29-37-36-28(42-29)20-8-9-20/h3-8,14-16,32H,9-13H2,1-2H3,(H2,31,33,34,35)/p+1. The highest BCUT2D eigenvalue weighted by Gasteiger charge is 2.31. The molecule has 12 heteroatoms. The fraction of sp³-hybridized carbons (Fsp3) is 0.233. The van der Waals surface area contributed by atoms with Crippen molar-refractivity contribution in [2.24, 2.45) is 10.7 Å². The zero-order valence-corrected chi connectivity index (χ0v) is 23.2. The second-order valence-corrected chi connectivity index (χ2v) is 9.98. The number of ether oxygens (including phenoxy) is 1. The number of amidine groups is 1. The lowest BCUT2D eigenvalue weighted by Gasteiger charge is -2.29. The van der Waals surface area contributed by atoms with Gasteiger partial charge in [0, 0.05) is 37.4 Å². The van der Waals surface area contributed by atoms with Crippen LogP contribution in [-0.4, -0.2) is 69.1 Å². The summed E-state index contributed by atoms with van der Waals surface area (Å²) in [6.45, 7) is 2.41. The van der Waals surface area contributed by atoms with Crippen molar-refractivity contribution in [2.45, 2.75) is 26.2 Å². The quantitative estimate of drug-likeness (QED) is 0.126. The second-order valence-electron chi connectivity index (χ2n) is 9.98. The monoisotopic (exact) mass is 565 g/mol. The van der Waals surface area contributed by atoms with Crippen LogP contribution < -0.4 is 15.5 Å². The van der Waals surface area contributed by atoms with Gasteiger partial charge in [0.1, 0.15) is 11.7 Å². The Morgan fingerprint density at radius 1 is 1.19 bits per heavy atom. The van der Waals surface area contributed by atoms with E-state index in [-0.39, 0.29) is 5.56 Å². The number of nitrogens with two attached hydrogens (primary N) is 1. The molecule has 12 nitrogen and oxygen atoms in total. The van der Waals surface area contributed by atoms with Crippen molar-refractivity contribution in [2.75, 3.05) is 20.2 Å². The third-order valence-electron chi connectivity index (χ3n) is 7.19. The number of nitrogens with zero attached hydrogens (tertiary/aromatic N) is 5. The SMILES string of the molecule is COc1cnc([NH+]=CN=C(C)N)c2[nH]cc(C(=O)C(=O)N3CCC(=C(c4ccccc4)c4nnc(C5=CC5)o4)CC3)c12. The predicted octanol–water partition coefficient (Wildman–Crippen LogP) is 2.17. The number of methoxy groups -OCH3 is 1. The number of hydrogen-bond acceptors (Lipinski definition) is 7. The summed E-state index contributed by atoms with van der Waals surface area (Å²) in [7, 11) is 1.48.